The molecule has 0 unspecified atom stereocenters. The second-order valence-electron chi connectivity index (χ2n) is 5.65. The van der Waals surface area contributed by atoms with Gasteiger partial charge >= 0.3 is 0 Å². The second-order valence-corrected chi connectivity index (χ2v) is 7.97. The first kappa shape index (κ1) is 15.5. The first-order valence-corrected chi connectivity index (χ1v) is 9.14. The van der Waals surface area contributed by atoms with Crippen molar-refractivity contribution in [1.29, 1.82) is 0 Å². The standard InChI is InChI=1S/C17H18ClNO2S/c1-13-5-2-6-14(11-13)17-9-4-10-19(17)22(20,21)16-8-3-7-15(18)12-16/h2-3,5-8,11-12,17H,4,9-10H2,1H3/t17-/m1/s1. The highest BCUT2D eigenvalue weighted by molar-refractivity contribution is 7.89. The lowest BCUT2D eigenvalue weighted by molar-refractivity contribution is 0.396. The van der Waals surface area contributed by atoms with Crippen LogP contribution in [0.25, 0.3) is 0 Å². The van der Waals surface area contributed by atoms with E-state index in [1.807, 2.05) is 25.1 Å². The van der Waals surface area contributed by atoms with Crippen LogP contribution in [0.5, 0.6) is 0 Å². The zero-order valence-electron chi connectivity index (χ0n) is 12.4. The van der Waals surface area contributed by atoms with Crippen molar-refractivity contribution in [1.82, 2.24) is 4.31 Å². The Kier molecular flexibility index (Phi) is 4.26. The molecule has 1 saturated heterocycles. The van der Waals surface area contributed by atoms with Crippen LogP contribution >= 0.6 is 11.6 Å². The van der Waals surface area contributed by atoms with Crippen LogP contribution in [0.4, 0.5) is 0 Å². The van der Waals surface area contributed by atoms with Gasteiger partial charge in [-0.1, -0.05) is 47.5 Å². The van der Waals surface area contributed by atoms with E-state index < -0.39 is 10.0 Å². The van der Waals surface area contributed by atoms with Gasteiger partial charge in [0.25, 0.3) is 0 Å². The average molecular weight is 336 g/mol. The predicted molar refractivity (Wildman–Crippen MR) is 88.5 cm³/mol. The highest BCUT2D eigenvalue weighted by Gasteiger charge is 2.36. The summed E-state index contributed by atoms with van der Waals surface area (Å²) >= 11 is 5.95. The van der Waals surface area contributed by atoms with Gasteiger partial charge in [0.1, 0.15) is 0 Å². The minimum absolute atomic E-state index is 0.0936. The van der Waals surface area contributed by atoms with Crippen molar-refractivity contribution in [3.8, 4) is 0 Å². The summed E-state index contributed by atoms with van der Waals surface area (Å²) in [6.07, 6.45) is 1.72. The molecule has 0 aliphatic carbocycles. The largest absolute Gasteiger partial charge is 0.243 e. The van der Waals surface area contributed by atoms with Crippen LogP contribution in [0.1, 0.15) is 30.0 Å². The van der Waals surface area contributed by atoms with Gasteiger partial charge < -0.3 is 0 Å². The average Bonchev–Trinajstić information content (AvgIpc) is 2.97. The van der Waals surface area contributed by atoms with Gasteiger partial charge in [-0.3, -0.25) is 0 Å². The summed E-state index contributed by atoms with van der Waals surface area (Å²) in [6.45, 7) is 2.57. The van der Waals surface area contributed by atoms with Crippen LogP contribution in [0, 0.1) is 6.92 Å². The third-order valence-electron chi connectivity index (χ3n) is 4.03. The molecule has 1 heterocycles. The summed E-state index contributed by atoms with van der Waals surface area (Å²) in [6, 6.07) is 14.5. The number of benzene rings is 2. The Balaban J connectivity index is 1.99. The van der Waals surface area contributed by atoms with Crippen LogP contribution in [-0.4, -0.2) is 19.3 Å². The summed E-state index contributed by atoms with van der Waals surface area (Å²) in [7, 11) is -3.52. The molecular weight excluding hydrogens is 318 g/mol. The molecule has 3 rings (SSSR count). The lowest BCUT2D eigenvalue weighted by atomic mass is 10.0. The Bertz CT molecular complexity index is 789. The van der Waals surface area contributed by atoms with Gasteiger partial charge in [-0.15, -0.1) is 0 Å². The summed E-state index contributed by atoms with van der Waals surface area (Å²) in [4.78, 5) is 0.263. The molecule has 0 saturated carbocycles. The quantitative estimate of drug-likeness (QED) is 0.844. The van der Waals surface area contributed by atoms with E-state index in [0.717, 1.165) is 24.0 Å². The molecule has 0 N–H and O–H groups in total. The van der Waals surface area contributed by atoms with Crippen LogP contribution in [0.2, 0.25) is 5.02 Å². The zero-order chi connectivity index (χ0) is 15.7. The zero-order valence-corrected chi connectivity index (χ0v) is 13.9. The van der Waals surface area contributed by atoms with Gasteiger partial charge in [-0.05, 0) is 43.5 Å². The Labute approximate surface area is 136 Å². The fourth-order valence-corrected chi connectivity index (χ4v) is 4.98. The molecule has 22 heavy (non-hydrogen) atoms. The van der Waals surface area contributed by atoms with Gasteiger partial charge in [0, 0.05) is 11.6 Å². The summed E-state index contributed by atoms with van der Waals surface area (Å²) in [5.41, 5.74) is 2.20. The Morgan fingerprint density at radius 1 is 1.14 bits per heavy atom. The smallest absolute Gasteiger partial charge is 0.207 e. The molecule has 0 amide bonds. The van der Waals surface area contributed by atoms with Gasteiger partial charge in [-0.25, -0.2) is 8.42 Å². The van der Waals surface area contributed by atoms with E-state index in [0.29, 0.717) is 11.6 Å². The van der Waals surface area contributed by atoms with Crippen molar-refractivity contribution in [2.45, 2.75) is 30.7 Å². The first-order chi connectivity index (χ1) is 10.5. The van der Waals surface area contributed by atoms with Crippen molar-refractivity contribution in [2.75, 3.05) is 6.54 Å². The number of nitrogens with zero attached hydrogens (tertiary/aromatic N) is 1. The monoisotopic (exact) mass is 335 g/mol. The van der Waals surface area contributed by atoms with E-state index in [4.69, 9.17) is 11.6 Å². The van der Waals surface area contributed by atoms with E-state index in [1.54, 1.807) is 22.5 Å². The molecule has 2 aromatic rings. The third-order valence-corrected chi connectivity index (χ3v) is 6.17. The fourth-order valence-electron chi connectivity index (χ4n) is 3.00. The first-order valence-electron chi connectivity index (χ1n) is 7.32. The molecule has 116 valence electrons. The van der Waals surface area contributed by atoms with Crippen molar-refractivity contribution >= 4 is 21.6 Å². The number of hydrogen-bond acceptors (Lipinski definition) is 2. The summed E-state index contributed by atoms with van der Waals surface area (Å²) in [5.74, 6) is 0. The summed E-state index contributed by atoms with van der Waals surface area (Å²) in [5, 5.41) is 0.437. The highest BCUT2D eigenvalue weighted by atomic mass is 35.5. The number of rotatable bonds is 3. The molecule has 3 nitrogen and oxygen atoms in total. The topological polar surface area (TPSA) is 37.4 Å². The number of hydrogen-bond donors (Lipinski definition) is 0. The lowest BCUT2D eigenvalue weighted by Gasteiger charge is -2.24. The van der Waals surface area contributed by atoms with Crippen LogP contribution in [-0.2, 0) is 10.0 Å². The molecule has 5 heteroatoms. The maximum Gasteiger partial charge on any atom is 0.243 e. The Morgan fingerprint density at radius 3 is 2.64 bits per heavy atom. The van der Waals surface area contributed by atoms with Gasteiger partial charge in [0.15, 0.2) is 0 Å². The van der Waals surface area contributed by atoms with E-state index >= 15 is 0 Å². The Morgan fingerprint density at radius 2 is 1.91 bits per heavy atom. The SMILES string of the molecule is Cc1cccc([C@H]2CCCN2S(=O)(=O)c2cccc(Cl)c2)c1. The van der Waals surface area contributed by atoms with E-state index in [2.05, 4.69) is 6.07 Å². The predicted octanol–water partition coefficient (Wildman–Crippen LogP) is 4.17. The van der Waals surface area contributed by atoms with Crippen LogP contribution in [0.15, 0.2) is 53.4 Å². The maximum absolute atomic E-state index is 12.9. The van der Waals surface area contributed by atoms with E-state index in [9.17, 15) is 8.42 Å². The minimum Gasteiger partial charge on any atom is -0.207 e. The normalized spacial score (nSPS) is 19.5. The molecule has 1 aliphatic rings. The van der Waals surface area contributed by atoms with Crippen molar-refractivity contribution < 1.29 is 8.42 Å². The lowest BCUT2D eigenvalue weighted by Crippen LogP contribution is -2.30. The molecule has 0 radical (unpaired) electrons. The highest BCUT2D eigenvalue weighted by Crippen LogP contribution is 2.37. The molecule has 0 bridgehead atoms. The minimum atomic E-state index is -3.52. The third kappa shape index (κ3) is 2.91. The van der Waals surface area contributed by atoms with Crippen molar-refractivity contribution in [3.05, 3.63) is 64.7 Å². The fraction of sp³-hybridized carbons (Fsp3) is 0.294. The molecule has 1 atom stereocenters. The van der Waals surface area contributed by atoms with Gasteiger partial charge in [-0.2, -0.15) is 4.31 Å². The van der Waals surface area contributed by atoms with Gasteiger partial charge in [0.2, 0.25) is 10.0 Å². The van der Waals surface area contributed by atoms with Crippen LogP contribution < -0.4 is 0 Å². The molecule has 0 aromatic heterocycles. The van der Waals surface area contributed by atoms with Gasteiger partial charge in [0.05, 0.1) is 10.9 Å². The number of aryl methyl sites for hydroxylation is 1. The number of sulfonamides is 1. The molecule has 1 aliphatic heterocycles. The number of halogens is 1. The maximum atomic E-state index is 12.9. The van der Waals surface area contributed by atoms with Crippen molar-refractivity contribution in [3.63, 3.8) is 0 Å². The van der Waals surface area contributed by atoms with E-state index in [-0.39, 0.29) is 10.9 Å². The second kappa shape index (κ2) is 6.03. The molecular formula is C17H18ClNO2S. The van der Waals surface area contributed by atoms with Crippen LogP contribution in [0.3, 0.4) is 0 Å². The molecule has 0 spiro atoms. The van der Waals surface area contributed by atoms with Crippen molar-refractivity contribution in [2.24, 2.45) is 0 Å². The summed E-state index contributed by atoms with van der Waals surface area (Å²) < 4.78 is 27.4. The Hall–Kier alpha value is -1.36. The molecule has 1 fully saturated rings. The molecule has 2 aromatic carbocycles. The van der Waals surface area contributed by atoms with E-state index in [1.165, 1.54) is 6.07 Å².